The number of nitrogens with zero attached hydrogens (tertiary/aromatic N) is 2. The predicted octanol–water partition coefficient (Wildman–Crippen LogP) is 3.48. The van der Waals surface area contributed by atoms with Crippen LogP contribution in [0.3, 0.4) is 0 Å². The molecule has 1 aromatic carbocycles. The second-order valence-electron chi connectivity index (χ2n) is 4.54. The van der Waals surface area contributed by atoms with Crippen molar-refractivity contribution in [3.8, 4) is 5.88 Å². The maximum atomic E-state index is 13.7. The molecule has 1 atom stereocenters. The van der Waals surface area contributed by atoms with Crippen molar-refractivity contribution in [1.82, 2.24) is 15.3 Å². The van der Waals surface area contributed by atoms with Crippen LogP contribution in [-0.4, -0.2) is 23.6 Å². The monoisotopic (exact) mass is 353 g/mol. The molecule has 0 aliphatic rings. The molecule has 0 fully saturated rings. The Kier molecular flexibility index (Phi) is 5.64. The molecule has 1 unspecified atom stereocenters. The van der Waals surface area contributed by atoms with Crippen molar-refractivity contribution < 1.29 is 9.13 Å². The molecule has 0 bridgehead atoms. The van der Waals surface area contributed by atoms with Crippen molar-refractivity contribution in [1.29, 1.82) is 0 Å². The highest BCUT2D eigenvalue weighted by atomic mass is 79.9. The number of hydrogen-bond acceptors (Lipinski definition) is 4. The van der Waals surface area contributed by atoms with E-state index < -0.39 is 0 Å². The summed E-state index contributed by atoms with van der Waals surface area (Å²) in [5.41, 5.74) is 1.42. The summed E-state index contributed by atoms with van der Waals surface area (Å²) in [6, 6.07) is 4.51. The van der Waals surface area contributed by atoms with E-state index in [-0.39, 0.29) is 11.9 Å². The molecule has 21 heavy (non-hydrogen) atoms. The fourth-order valence-electron chi connectivity index (χ4n) is 2.09. The quantitative estimate of drug-likeness (QED) is 0.863. The minimum atomic E-state index is -0.300. The highest BCUT2D eigenvalue weighted by Gasteiger charge is 2.21. The average Bonchev–Trinajstić information content (AvgIpc) is 2.47. The molecule has 1 heterocycles. The van der Waals surface area contributed by atoms with E-state index in [0.717, 1.165) is 18.5 Å². The van der Waals surface area contributed by atoms with Crippen LogP contribution in [0.4, 0.5) is 4.39 Å². The van der Waals surface area contributed by atoms with Gasteiger partial charge in [-0.15, -0.1) is 0 Å². The summed E-state index contributed by atoms with van der Waals surface area (Å²) in [6.07, 6.45) is 4.13. The number of ether oxygens (including phenoxy) is 1. The molecule has 0 aliphatic carbocycles. The van der Waals surface area contributed by atoms with Crippen LogP contribution in [0.2, 0.25) is 0 Å². The molecule has 112 valence electrons. The summed E-state index contributed by atoms with van der Waals surface area (Å²) in [5, 5.41) is 3.36. The fourth-order valence-corrected chi connectivity index (χ4v) is 2.58. The lowest BCUT2D eigenvalue weighted by atomic mass is 10.0. The van der Waals surface area contributed by atoms with Crippen LogP contribution in [0.25, 0.3) is 0 Å². The third-order valence-corrected chi connectivity index (χ3v) is 3.43. The first-order chi connectivity index (χ1) is 10.2. The zero-order valence-corrected chi connectivity index (χ0v) is 13.5. The van der Waals surface area contributed by atoms with Gasteiger partial charge in [0.2, 0.25) is 5.88 Å². The molecular formula is C15H17BrFN3O. The molecule has 0 aliphatic heterocycles. The molecule has 0 spiro atoms. The highest BCUT2D eigenvalue weighted by Crippen LogP contribution is 2.28. The topological polar surface area (TPSA) is 47.0 Å². The van der Waals surface area contributed by atoms with Gasteiger partial charge in [0, 0.05) is 16.9 Å². The molecule has 0 saturated carbocycles. The third kappa shape index (κ3) is 3.98. The van der Waals surface area contributed by atoms with Crippen molar-refractivity contribution in [2.45, 2.75) is 19.4 Å². The average molecular weight is 354 g/mol. The zero-order chi connectivity index (χ0) is 15.2. The Morgan fingerprint density at radius 3 is 2.71 bits per heavy atom. The van der Waals surface area contributed by atoms with Crippen LogP contribution in [0.15, 0.2) is 35.1 Å². The lowest BCUT2D eigenvalue weighted by molar-refractivity contribution is 0.382. The van der Waals surface area contributed by atoms with Crippen LogP contribution in [-0.2, 0) is 0 Å². The van der Waals surface area contributed by atoms with E-state index >= 15 is 0 Å². The summed E-state index contributed by atoms with van der Waals surface area (Å²) >= 11 is 3.32. The van der Waals surface area contributed by atoms with Gasteiger partial charge < -0.3 is 10.1 Å². The van der Waals surface area contributed by atoms with Crippen LogP contribution in [0, 0.1) is 5.82 Å². The molecule has 0 saturated heterocycles. The SMILES string of the molecule is CCCNC(c1cc(F)cc(Br)c1)c1nccnc1OC. The Morgan fingerprint density at radius 1 is 1.29 bits per heavy atom. The Hall–Kier alpha value is -1.53. The van der Waals surface area contributed by atoms with Crippen LogP contribution >= 0.6 is 15.9 Å². The summed E-state index contributed by atoms with van der Waals surface area (Å²) in [7, 11) is 1.55. The second kappa shape index (κ2) is 7.47. The molecule has 0 radical (unpaired) electrons. The normalized spacial score (nSPS) is 12.2. The maximum absolute atomic E-state index is 13.7. The van der Waals surface area contributed by atoms with Crippen molar-refractivity contribution in [3.05, 3.63) is 52.1 Å². The largest absolute Gasteiger partial charge is 0.480 e. The molecule has 1 aromatic heterocycles. The first-order valence-corrected chi connectivity index (χ1v) is 7.49. The van der Waals surface area contributed by atoms with Gasteiger partial charge in [-0.3, -0.25) is 4.98 Å². The van der Waals surface area contributed by atoms with Crippen LogP contribution in [0.5, 0.6) is 5.88 Å². The van der Waals surface area contributed by atoms with Gasteiger partial charge in [-0.25, -0.2) is 9.37 Å². The zero-order valence-electron chi connectivity index (χ0n) is 11.9. The smallest absolute Gasteiger partial charge is 0.237 e. The van der Waals surface area contributed by atoms with Crippen LogP contribution in [0.1, 0.15) is 30.6 Å². The minimum Gasteiger partial charge on any atom is -0.480 e. The number of benzene rings is 1. The summed E-state index contributed by atoms with van der Waals surface area (Å²) < 4.78 is 19.6. The summed E-state index contributed by atoms with van der Waals surface area (Å²) in [4.78, 5) is 8.52. The second-order valence-corrected chi connectivity index (χ2v) is 5.46. The lowest BCUT2D eigenvalue weighted by Gasteiger charge is -2.20. The first kappa shape index (κ1) is 15.9. The number of nitrogens with one attached hydrogen (secondary N) is 1. The van der Waals surface area contributed by atoms with Gasteiger partial charge in [0.25, 0.3) is 0 Å². The molecule has 6 heteroatoms. The van der Waals surface area contributed by atoms with E-state index in [1.165, 1.54) is 12.1 Å². The predicted molar refractivity (Wildman–Crippen MR) is 82.8 cm³/mol. The van der Waals surface area contributed by atoms with Crippen molar-refractivity contribution in [3.63, 3.8) is 0 Å². The van der Waals surface area contributed by atoms with E-state index in [1.54, 1.807) is 19.5 Å². The molecule has 1 N–H and O–H groups in total. The van der Waals surface area contributed by atoms with E-state index in [2.05, 4.69) is 38.1 Å². The Labute approximate surface area is 131 Å². The Bertz CT molecular complexity index is 589. The first-order valence-electron chi connectivity index (χ1n) is 6.70. The number of aromatic nitrogens is 2. The van der Waals surface area contributed by atoms with E-state index in [0.29, 0.717) is 16.0 Å². The van der Waals surface area contributed by atoms with Gasteiger partial charge >= 0.3 is 0 Å². The van der Waals surface area contributed by atoms with Crippen molar-refractivity contribution in [2.24, 2.45) is 0 Å². The summed E-state index contributed by atoms with van der Waals surface area (Å²) in [5.74, 6) is 0.136. The van der Waals surface area contributed by atoms with E-state index in [4.69, 9.17) is 4.74 Å². The summed E-state index contributed by atoms with van der Waals surface area (Å²) in [6.45, 7) is 2.85. The van der Waals surface area contributed by atoms with Gasteiger partial charge in [0.1, 0.15) is 11.5 Å². The Balaban J connectivity index is 2.46. The van der Waals surface area contributed by atoms with Gasteiger partial charge in [0.05, 0.1) is 13.2 Å². The van der Waals surface area contributed by atoms with Gasteiger partial charge in [-0.05, 0) is 36.7 Å². The fraction of sp³-hybridized carbons (Fsp3) is 0.333. The molecule has 4 nitrogen and oxygen atoms in total. The highest BCUT2D eigenvalue weighted by molar-refractivity contribution is 9.10. The van der Waals surface area contributed by atoms with E-state index in [1.807, 2.05) is 6.07 Å². The van der Waals surface area contributed by atoms with Crippen molar-refractivity contribution >= 4 is 15.9 Å². The molecular weight excluding hydrogens is 337 g/mol. The standard InChI is InChI=1S/C15H17BrFN3O/c1-3-4-18-13(10-7-11(16)9-12(17)8-10)14-15(21-2)20-6-5-19-14/h5-9,13,18H,3-4H2,1-2H3. The van der Waals surface area contributed by atoms with Gasteiger partial charge in [-0.2, -0.15) is 0 Å². The number of hydrogen-bond donors (Lipinski definition) is 1. The number of rotatable bonds is 6. The van der Waals surface area contributed by atoms with Gasteiger partial charge in [0.15, 0.2) is 0 Å². The molecule has 2 rings (SSSR count). The van der Waals surface area contributed by atoms with Crippen LogP contribution < -0.4 is 10.1 Å². The third-order valence-electron chi connectivity index (χ3n) is 2.97. The lowest BCUT2D eigenvalue weighted by Crippen LogP contribution is -2.25. The maximum Gasteiger partial charge on any atom is 0.237 e. The van der Waals surface area contributed by atoms with E-state index in [9.17, 15) is 4.39 Å². The van der Waals surface area contributed by atoms with Gasteiger partial charge in [-0.1, -0.05) is 22.9 Å². The molecule has 0 amide bonds. The number of halogens is 2. The molecule has 2 aromatic rings. The van der Waals surface area contributed by atoms with Crippen molar-refractivity contribution in [2.75, 3.05) is 13.7 Å². The number of methoxy groups -OCH3 is 1. The Morgan fingerprint density at radius 2 is 2.05 bits per heavy atom. The minimum absolute atomic E-state index is 0.277.